The molecule has 0 aliphatic heterocycles. The lowest BCUT2D eigenvalue weighted by molar-refractivity contribution is -0.142. The Kier molecular flexibility index (Phi) is 25.8. The Hall–Kier alpha value is -8.01. The number of nitrogens with two attached hydrogens (primary N) is 3. The molecule has 28 nitrogen and oxygen atoms in total. The van der Waals surface area contributed by atoms with Crippen LogP contribution in [0, 0.1) is 11.8 Å². The average molecular weight is 1040 g/mol. The number of aromatic amines is 1. The molecule has 18 N–H and O–H groups in total. The van der Waals surface area contributed by atoms with E-state index in [-0.39, 0.29) is 25.7 Å². The van der Waals surface area contributed by atoms with Crippen LogP contribution in [0.3, 0.4) is 0 Å². The minimum absolute atomic E-state index is 0.0835. The Morgan fingerprint density at radius 2 is 1.19 bits per heavy atom. The molecule has 0 fully saturated rings. The number of aliphatic hydroxyl groups is 1. The van der Waals surface area contributed by atoms with Crippen molar-refractivity contribution in [3.8, 4) is 0 Å². The number of nitrogens with zero attached hydrogens (tertiary/aromatic N) is 1. The van der Waals surface area contributed by atoms with Crippen LogP contribution in [-0.2, 0) is 70.4 Å². The number of carbonyl (C=O) groups is 12. The van der Waals surface area contributed by atoms with Gasteiger partial charge in [0.15, 0.2) is 0 Å². The topological polar surface area (TPSA) is 469 Å². The van der Waals surface area contributed by atoms with E-state index in [2.05, 4.69) is 52.5 Å². The Morgan fingerprint density at radius 3 is 1.73 bits per heavy atom. The quantitative estimate of drug-likeness (QED) is 0.0319. The number of H-pyrrole nitrogens is 1. The molecule has 0 radical (unpaired) electrons. The van der Waals surface area contributed by atoms with Gasteiger partial charge in [0, 0.05) is 37.6 Å². The Bertz CT molecular complexity index is 2280. The van der Waals surface area contributed by atoms with Crippen LogP contribution in [0.4, 0.5) is 0 Å². The van der Waals surface area contributed by atoms with Crippen molar-refractivity contribution >= 4 is 71.0 Å². The monoisotopic (exact) mass is 1040 g/mol. The van der Waals surface area contributed by atoms with Crippen LogP contribution in [0.2, 0.25) is 0 Å². The summed E-state index contributed by atoms with van der Waals surface area (Å²) in [7, 11) is 0. The van der Waals surface area contributed by atoms with Crippen molar-refractivity contribution in [1.82, 2.24) is 52.5 Å². The number of aliphatic hydroxyl groups excluding tert-OH is 1. The lowest BCUT2D eigenvalue weighted by Gasteiger charge is -2.29. The summed E-state index contributed by atoms with van der Waals surface area (Å²) in [6.45, 7) is 6.51. The summed E-state index contributed by atoms with van der Waals surface area (Å²) in [5.41, 5.74) is 17.4. The van der Waals surface area contributed by atoms with Gasteiger partial charge in [-0.05, 0) is 37.2 Å². The van der Waals surface area contributed by atoms with Crippen molar-refractivity contribution in [2.45, 2.75) is 140 Å². The molecule has 0 spiro atoms. The summed E-state index contributed by atoms with van der Waals surface area (Å²) in [5, 5.41) is 48.7. The number of hydrogen-bond acceptors (Lipinski definition) is 15. The van der Waals surface area contributed by atoms with Gasteiger partial charge in [-0.3, -0.25) is 52.7 Å². The molecule has 28 heteroatoms. The third kappa shape index (κ3) is 21.8. The SMILES string of the molecule is CC[C@H](C)[C@H](NC(=O)[C@H](CC(N)=O)NC(=O)[C@@H](NC(=O)[C@@H](NC(=O)CNC(=O)[C@H](CCC(=O)O)NC(=O)[C@H](Cc1cnc[nH]1)NC(=O)[C@@H](N)CCC(N)=O)[C@@H](C)O)C(C)C)C(=O)N[C@@H](Cc1ccccc1)C(=O)O. The molecule has 74 heavy (non-hydrogen) atoms. The van der Waals surface area contributed by atoms with Crippen LogP contribution in [-0.4, -0.2) is 157 Å². The molecule has 0 saturated heterocycles. The van der Waals surface area contributed by atoms with Gasteiger partial charge in [-0.25, -0.2) is 9.78 Å². The standard InChI is InChI=1S/C46H69N13O15/c1-6-23(4)37(44(71)56-31(46(73)74)16-25-10-8-7-9-11-25)59-42(69)30(18-33(49)62)55-43(70)36(22(2)3)58-45(72)38(24(5)60)57-34(63)20-51-40(67)28(13-15-35(64)65)53-41(68)29(17-26-19-50-21-52-26)54-39(66)27(47)12-14-32(48)61/h7-11,19,21-24,27-31,36-38,60H,6,12-18,20,47H2,1-5H3,(H2,48,61)(H2,49,62)(H,50,52)(H,51,67)(H,53,68)(H,54,66)(H,55,70)(H,56,71)(H,57,63)(H,58,72)(H,59,69)(H,64,65)(H,73,74)/t23-,24+,27-,28-,29-,30-,31-,36-,37-,38-/m0/s1. The first-order valence-corrected chi connectivity index (χ1v) is 23.6. The fourth-order valence-corrected chi connectivity index (χ4v) is 6.98. The van der Waals surface area contributed by atoms with Crippen LogP contribution in [0.15, 0.2) is 42.9 Å². The number of aliphatic carboxylic acids is 2. The van der Waals surface area contributed by atoms with E-state index in [4.69, 9.17) is 17.2 Å². The van der Waals surface area contributed by atoms with E-state index in [1.54, 1.807) is 44.2 Å². The van der Waals surface area contributed by atoms with Gasteiger partial charge in [0.1, 0.15) is 42.3 Å². The van der Waals surface area contributed by atoms with Crippen molar-refractivity contribution in [2.75, 3.05) is 6.54 Å². The van der Waals surface area contributed by atoms with E-state index < -0.39 is 163 Å². The molecule has 0 unspecified atom stereocenters. The number of imidazole rings is 1. The molecule has 1 aromatic heterocycles. The maximum absolute atomic E-state index is 13.8. The highest BCUT2D eigenvalue weighted by Crippen LogP contribution is 2.13. The third-order valence-corrected chi connectivity index (χ3v) is 11.4. The zero-order valence-corrected chi connectivity index (χ0v) is 41.7. The van der Waals surface area contributed by atoms with Gasteiger partial charge in [0.05, 0.1) is 31.4 Å². The normalized spacial score (nSPS) is 15.1. The number of carbonyl (C=O) groups excluding carboxylic acids is 10. The molecule has 10 amide bonds. The number of hydrogen-bond donors (Lipinski definition) is 15. The fourth-order valence-electron chi connectivity index (χ4n) is 6.98. The Balaban J connectivity index is 2.21. The van der Waals surface area contributed by atoms with Crippen molar-refractivity contribution in [3.05, 3.63) is 54.1 Å². The summed E-state index contributed by atoms with van der Waals surface area (Å²) >= 11 is 0. The van der Waals surface area contributed by atoms with Crippen LogP contribution in [0.1, 0.15) is 84.4 Å². The molecule has 0 aliphatic carbocycles. The summed E-state index contributed by atoms with van der Waals surface area (Å²) < 4.78 is 0. The van der Waals surface area contributed by atoms with Crippen LogP contribution < -0.4 is 59.7 Å². The van der Waals surface area contributed by atoms with Gasteiger partial charge >= 0.3 is 11.9 Å². The highest BCUT2D eigenvalue weighted by Gasteiger charge is 2.37. The maximum atomic E-state index is 13.8. The van der Waals surface area contributed by atoms with Crippen LogP contribution in [0.5, 0.6) is 0 Å². The van der Waals surface area contributed by atoms with Gasteiger partial charge in [0.2, 0.25) is 59.1 Å². The summed E-state index contributed by atoms with van der Waals surface area (Å²) in [5.74, 6) is -13.9. The zero-order chi connectivity index (χ0) is 55.8. The molecule has 0 bridgehead atoms. The molecule has 2 rings (SSSR count). The third-order valence-electron chi connectivity index (χ3n) is 11.4. The average Bonchev–Trinajstić information content (AvgIpc) is 3.85. The molecule has 1 heterocycles. The van der Waals surface area contributed by atoms with E-state index in [9.17, 15) is 72.9 Å². The first-order chi connectivity index (χ1) is 34.7. The molecule has 0 aliphatic rings. The second-order valence-electron chi connectivity index (χ2n) is 17.9. The van der Waals surface area contributed by atoms with Crippen LogP contribution in [0.25, 0.3) is 0 Å². The van der Waals surface area contributed by atoms with Gasteiger partial charge in [-0.15, -0.1) is 0 Å². The number of carboxylic acid groups (broad SMARTS) is 2. The van der Waals surface area contributed by atoms with E-state index in [0.717, 1.165) is 6.92 Å². The molecular formula is C46H69N13O15. The van der Waals surface area contributed by atoms with E-state index in [0.29, 0.717) is 17.7 Å². The van der Waals surface area contributed by atoms with Crippen molar-refractivity contribution in [3.63, 3.8) is 0 Å². The van der Waals surface area contributed by atoms with E-state index in [1.807, 2.05) is 0 Å². The first-order valence-electron chi connectivity index (χ1n) is 23.6. The summed E-state index contributed by atoms with van der Waals surface area (Å²) in [4.78, 5) is 161. The van der Waals surface area contributed by atoms with Gasteiger partial charge in [-0.2, -0.15) is 0 Å². The number of amides is 10. The smallest absolute Gasteiger partial charge is 0.326 e. The lowest BCUT2D eigenvalue weighted by Crippen LogP contribution is -2.62. The number of nitrogens with one attached hydrogen (secondary N) is 9. The predicted octanol–water partition coefficient (Wildman–Crippen LogP) is -4.79. The number of carboxylic acids is 2. The molecular weight excluding hydrogens is 975 g/mol. The number of benzene rings is 1. The highest BCUT2D eigenvalue weighted by atomic mass is 16.4. The largest absolute Gasteiger partial charge is 0.481 e. The number of rotatable bonds is 33. The Morgan fingerprint density at radius 1 is 0.622 bits per heavy atom. The Labute approximate surface area is 425 Å². The molecule has 2 aromatic rings. The lowest BCUT2D eigenvalue weighted by atomic mass is 9.96. The molecule has 0 saturated carbocycles. The second kappa shape index (κ2) is 30.8. The summed E-state index contributed by atoms with van der Waals surface area (Å²) in [6, 6.07) is -3.64. The van der Waals surface area contributed by atoms with Crippen molar-refractivity contribution in [1.29, 1.82) is 0 Å². The highest BCUT2D eigenvalue weighted by molar-refractivity contribution is 5.99. The fraction of sp³-hybridized carbons (Fsp3) is 0.543. The molecule has 1 aromatic carbocycles. The number of primary amides is 2. The van der Waals surface area contributed by atoms with Gasteiger partial charge in [0.25, 0.3) is 0 Å². The predicted molar refractivity (Wildman–Crippen MR) is 260 cm³/mol. The molecule has 408 valence electrons. The van der Waals surface area contributed by atoms with Crippen LogP contribution >= 0.6 is 0 Å². The minimum atomic E-state index is -1.80. The first kappa shape index (κ1) is 62.1. The van der Waals surface area contributed by atoms with E-state index >= 15 is 0 Å². The zero-order valence-electron chi connectivity index (χ0n) is 41.7. The number of aromatic nitrogens is 2. The minimum Gasteiger partial charge on any atom is -0.481 e. The van der Waals surface area contributed by atoms with E-state index in [1.165, 1.54) is 26.4 Å². The van der Waals surface area contributed by atoms with Crippen molar-refractivity contribution < 1.29 is 72.9 Å². The second-order valence-corrected chi connectivity index (χ2v) is 17.9. The van der Waals surface area contributed by atoms with Crippen molar-refractivity contribution in [2.24, 2.45) is 29.0 Å². The maximum Gasteiger partial charge on any atom is 0.326 e. The van der Waals surface area contributed by atoms with Gasteiger partial charge in [-0.1, -0.05) is 64.4 Å². The molecule has 10 atom stereocenters. The van der Waals surface area contributed by atoms with Gasteiger partial charge < -0.3 is 80.0 Å². The summed E-state index contributed by atoms with van der Waals surface area (Å²) in [6.07, 6.45) is -1.32.